The highest BCUT2D eigenvalue weighted by molar-refractivity contribution is 6.76. The number of H-pyrrole nitrogens is 1. The molecule has 0 atom stereocenters. The number of nitrogens with one attached hydrogen (secondary N) is 2. The minimum atomic E-state index is -1.32. The van der Waals surface area contributed by atoms with Crippen LogP contribution >= 0.6 is 34.8 Å². The molecule has 0 saturated carbocycles. The SMILES string of the molecule is C[Si](C)(C)CCOCN(c1ccc(N2CCNCC2)cc1Cl)c1nc(Cc2c(Cl)cccc2Cl)c2nc[nH]c2c1C#N. The third-order valence-corrected chi connectivity index (χ3v) is 10.0. The Morgan fingerprint density at radius 2 is 1.81 bits per heavy atom. The van der Waals surface area contributed by atoms with Crippen molar-refractivity contribution in [2.75, 3.05) is 49.3 Å². The molecule has 1 aliphatic rings. The van der Waals surface area contributed by atoms with Crippen molar-refractivity contribution in [3.05, 3.63) is 74.6 Å². The van der Waals surface area contributed by atoms with E-state index in [1.54, 1.807) is 18.5 Å². The minimum absolute atomic E-state index is 0.171. The maximum atomic E-state index is 10.4. The topological polar surface area (TPSA) is 93.1 Å². The minimum Gasteiger partial charge on any atom is -0.369 e. The summed E-state index contributed by atoms with van der Waals surface area (Å²) >= 11 is 20.1. The zero-order valence-corrected chi connectivity index (χ0v) is 27.2. The Hall–Kier alpha value is -2.84. The second-order valence-electron chi connectivity index (χ2n) is 11.5. The van der Waals surface area contributed by atoms with Crippen molar-refractivity contribution in [2.45, 2.75) is 32.1 Å². The summed E-state index contributed by atoms with van der Waals surface area (Å²) in [5.74, 6) is 0.428. The number of aromatic amines is 1. The van der Waals surface area contributed by atoms with Crippen LogP contribution in [-0.4, -0.2) is 62.5 Å². The van der Waals surface area contributed by atoms with Crippen molar-refractivity contribution < 1.29 is 4.74 Å². The van der Waals surface area contributed by atoms with E-state index in [0.717, 1.165) is 43.5 Å². The number of nitriles is 1. The van der Waals surface area contributed by atoms with E-state index in [1.165, 1.54) is 0 Å². The Labute approximate surface area is 262 Å². The quantitative estimate of drug-likeness (QED) is 0.107. The Balaban J connectivity index is 1.60. The summed E-state index contributed by atoms with van der Waals surface area (Å²) in [6.07, 6.45) is 1.90. The van der Waals surface area contributed by atoms with E-state index >= 15 is 0 Å². The van der Waals surface area contributed by atoms with Gasteiger partial charge in [0.15, 0.2) is 5.82 Å². The molecule has 0 bridgehead atoms. The molecule has 12 heteroatoms. The number of hydrogen-bond acceptors (Lipinski definition) is 7. The molecule has 2 N–H and O–H groups in total. The molecule has 8 nitrogen and oxygen atoms in total. The number of rotatable bonds is 10. The molecule has 0 amide bonds. The molecule has 0 radical (unpaired) electrons. The lowest BCUT2D eigenvalue weighted by Gasteiger charge is -2.31. The summed E-state index contributed by atoms with van der Waals surface area (Å²) < 4.78 is 6.24. The number of halogens is 3. The highest BCUT2D eigenvalue weighted by atomic mass is 35.5. The molecule has 1 saturated heterocycles. The second kappa shape index (κ2) is 13.2. The standard InChI is InChI=1S/C30H34Cl3N7OSi/c1-42(2,3)14-13-41-19-40(27-8-7-20(15-25(27)33)39-11-9-35-10-12-39)30-22(17-34)28-29(37-18-36-28)26(38-30)16-21-23(31)5-4-6-24(21)32/h4-8,15,18,35H,9-14,16,19H2,1-3H3,(H,36,37). The van der Waals surface area contributed by atoms with Crippen LogP contribution in [0.25, 0.3) is 11.0 Å². The number of piperazine rings is 1. The maximum absolute atomic E-state index is 10.4. The molecule has 5 rings (SSSR count). The summed E-state index contributed by atoms with van der Waals surface area (Å²) in [4.78, 5) is 16.9. The Bertz CT molecular complexity index is 1590. The van der Waals surface area contributed by atoms with Crippen LogP contribution in [0.3, 0.4) is 0 Å². The Morgan fingerprint density at radius 1 is 1.07 bits per heavy atom. The van der Waals surface area contributed by atoms with Gasteiger partial charge in [0.05, 0.1) is 28.2 Å². The van der Waals surface area contributed by atoms with Crippen LogP contribution in [0.2, 0.25) is 40.8 Å². The van der Waals surface area contributed by atoms with Gasteiger partial charge in [-0.3, -0.25) is 4.90 Å². The maximum Gasteiger partial charge on any atom is 0.155 e. The first-order valence-corrected chi connectivity index (χ1v) is 18.8. The lowest BCUT2D eigenvalue weighted by molar-refractivity contribution is 0.153. The predicted octanol–water partition coefficient (Wildman–Crippen LogP) is 7.24. The average Bonchev–Trinajstić information content (AvgIpc) is 3.45. The van der Waals surface area contributed by atoms with Crippen molar-refractivity contribution >= 4 is 71.1 Å². The molecule has 0 spiro atoms. The van der Waals surface area contributed by atoms with E-state index in [-0.39, 0.29) is 6.73 Å². The molecule has 220 valence electrons. The fourth-order valence-electron chi connectivity index (χ4n) is 4.96. The van der Waals surface area contributed by atoms with Gasteiger partial charge in [0.1, 0.15) is 23.9 Å². The summed E-state index contributed by atoms with van der Waals surface area (Å²) in [6, 6.07) is 14.8. The number of ether oxygens (including phenoxy) is 1. The number of aromatic nitrogens is 3. The Kier molecular flexibility index (Phi) is 9.63. The first kappa shape index (κ1) is 30.6. The van der Waals surface area contributed by atoms with Crippen molar-refractivity contribution in [3.63, 3.8) is 0 Å². The predicted molar refractivity (Wildman–Crippen MR) is 176 cm³/mol. The molecule has 1 aliphatic heterocycles. The molecule has 2 aromatic heterocycles. The third-order valence-electron chi connectivity index (χ3n) is 7.32. The van der Waals surface area contributed by atoms with Crippen LogP contribution in [0.5, 0.6) is 0 Å². The number of hydrogen-bond donors (Lipinski definition) is 2. The van der Waals surface area contributed by atoms with Gasteiger partial charge in [0.25, 0.3) is 0 Å². The van der Waals surface area contributed by atoms with Crippen LogP contribution < -0.4 is 15.1 Å². The monoisotopic (exact) mass is 641 g/mol. The van der Waals surface area contributed by atoms with E-state index in [1.807, 2.05) is 23.1 Å². The van der Waals surface area contributed by atoms with E-state index in [4.69, 9.17) is 44.5 Å². The number of benzene rings is 2. The van der Waals surface area contributed by atoms with Crippen molar-refractivity contribution in [3.8, 4) is 6.07 Å². The first-order valence-electron chi connectivity index (χ1n) is 14.0. The highest BCUT2D eigenvalue weighted by Crippen LogP contribution is 2.38. The van der Waals surface area contributed by atoms with Crippen molar-refractivity contribution in [2.24, 2.45) is 0 Å². The number of fused-ring (bicyclic) bond motifs is 1. The van der Waals surface area contributed by atoms with E-state index in [9.17, 15) is 5.26 Å². The fourth-order valence-corrected chi connectivity index (χ4v) is 6.52. The van der Waals surface area contributed by atoms with Crippen LogP contribution in [0.15, 0.2) is 42.7 Å². The van der Waals surface area contributed by atoms with Gasteiger partial charge in [-0.1, -0.05) is 60.5 Å². The normalized spacial score (nSPS) is 13.9. The first-order chi connectivity index (χ1) is 20.2. The molecule has 42 heavy (non-hydrogen) atoms. The van der Waals surface area contributed by atoms with Gasteiger partial charge in [-0.2, -0.15) is 5.26 Å². The highest BCUT2D eigenvalue weighted by Gasteiger charge is 2.25. The summed E-state index contributed by atoms with van der Waals surface area (Å²) in [6.45, 7) is 11.4. The number of nitrogens with zero attached hydrogens (tertiary/aromatic N) is 5. The third kappa shape index (κ3) is 6.86. The zero-order valence-electron chi connectivity index (χ0n) is 24.0. The lowest BCUT2D eigenvalue weighted by atomic mass is 10.1. The van der Waals surface area contributed by atoms with E-state index < -0.39 is 8.07 Å². The largest absolute Gasteiger partial charge is 0.369 e. The number of anilines is 3. The average molecular weight is 643 g/mol. The van der Waals surface area contributed by atoms with Crippen LogP contribution in [0, 0.1) is 11.3 Å². The molecular weight excluding hydrogens is 609 g/mol. The van der Waals surface area contributed by atoms with E-state index in [0.29, 0.717) is 61.9 Å². The van der Waals surface area contributed by atoms with Crippen LogP contribution in [0.1, 0.15) is 16.8 Å². The molecule has 0 aliphatic carbocycles. The van der Waals surface area contributed by atoms with Gasteiger partial charge >= 0.3 is 0 Å². The van der Waals surface area contributed by atoms with Crippen molar-refractivity contribution in [1.82, 2.24) is 20.3 Å². The molecule has 2 aromatic carbocycles. The summed E-state index contributed by atoms with van der Waals surface area (Å²) in [5.41, 5.74) is 4.66. The summed E-state index contributed by atoms with van der Waals surface area (Å²) in [7, 11) is -1.32. The van der Waals surface area contributed by atoms with Gasteiger partial charge in [0.2, 0.25) is 0 Å². The van der Waals surface area contributed by atoms with Crippen LogP contribution in [0.4, 0.5) is 17.2 Å². The number of pyridine rings is 1. The molecule has 3 heterocycles. The second-order valence-corrected chi connectivity index (χ2v) is 18.4. The molecular formula is C30H34Cl3N7OSi. The van der Waals surface area contributed by atoms with Gasteiger partial charge in [0, 0.05) is 63.0 Å². The number of imidazole rings is 1. The van der Waals surface area contributed by atoms with Gasteiger partial charge in [-0.25, -0.2) is 9.97 Å². The molecule has 0 unspecified atom stereocenters. The Morgan fingerprint density at radius 3 is 2.48 bits per heavy atom. The van der Waals surface area contributed by atoms with E-state index in [2.05, 4.69) is 52.0 Å². The smallest absolute Gasteiger partial charge is 0.155 e. The fraction of sp³-hybridized carbons (Fsp3) is 0.367. The van der Waals surface area contributed by atoms with Gasteiger partial charge < -0.3 is 19.9 Å². The molecule has 1 fully saturated rings. The van der Waals surface area contributed by atoms with Crippen molar-refractivity contribution in [1.29, 1.82) is 5.26 Å². The van der Waals surface area contributed by atoms with Crippen LogP contribution in [-0.2, 0) is 11.2 Å². The summed E-state index contributed by atoms with van der Waals surface area (Å²) in [5, 5.41) is 15.4. The molecule has 4 aromatic rings. The van der Waals surface area contributed by atoms with Gasteiger partial charge in [-0.15, -0.1) is 0 Å². The lowest BCUT2D eigenvalue weighted by Crippen LogP contribution is -2.43. The zero-order chi connectivity index (χ0) is 29.9. The van der Waals surface area contributed by atoms with Gasteiger partial charge in [-0.05, 0) is 41.9 Å².